The topological polar surface area (TPSA) is 91.4 Å². The van der Waals surface area contributed by atoms with Gasteiger partial charge in [-0.25, -0.2) is 4.79 Å². The van der Waals surface area contributed by atoms with Gasteiger partial charge < -0.3 is 20.1 Å². The normalized spacial score (nSPS) is 17.6. The summed E-state index contributed by atoms with van der Waals surface area (Å²) in [5.41, 5.74) is 3.56. The van der Waals surface area contributed by atoms with Crippen LogP contribution in [-0.4, -0.2) is 34.7 Å². The molecule has 3 N–H and O–H groups in total. The molecule has 0 bridgehead atoms. The third kappa shape index (κ3) is 2.94. The maximum absolute atomic E-state index is 12.1. The van der Waals surface area contributed by atoms with Gasteiger partial charge in [-0.1, -0.05) is 6.07 Å². The number of ether oxygens (including phenoxy) is 1. The molecule has 0 radical (unpaired) electrons. The van der Waals surface area contributed by atoms with Crippen molar-refractivity contribution in [3.05, 3.63) is 34.5 Å². The SMILES string of the molecule is Cc1cc(C)c2c(CNC(=O)C3CCCO3)c(C(=O)O)[nH]c2c1. The van der Waals surface area contributed by atoms with E-state index in [-0.39, 0.29) is 18.1 Å². The van der Waals surface area contributed by atoms with Crippen molar-refractivity contribution in [3.63, 3.8) is 0 Å². The number of aryl methyl sites for hydroxylation is 2. The van der Waals surface area contributed by atoms with Gasteiger partial charge in [0.2, 0.25) is 5.91 Å². The number of benzene rings is 1. The second kappa shape index (κ2) is 6.04. The highest BCUT2D eigenvalue weighted by molar-refractivity contribution is 5.99. The number of carboxylic acids is 1. The standard InChI is InChI=1S/C17H20N2O4/c1-9-6-10(2)14-11(15(17(21)22)19-12(14)7-9)8-18-16(20)13-4-3-5-23-13/h6-7,13,19H,3-5,8H2,1-2H3,(H,18,20)(H,21,22). The average Bonchev–Trinajstić information content (AvgIpc) is 3.11. The Morgan fingerprint density at radius 1 is 1.39 bits per heavy atom. The van der Waals surface area contributed by atoms with Crippen LogP contribution in [0.25, 0.3) is 10.9 Å². The van der Waals surface area contributed by atoms with E-state index >= 15 is 0 Å². The van der Waals surface area contributed by atoms with Crippen LogP contribution in [0.2, 0.25) is 0 Å². The molecule has 0 aliphatic carbocycles. The largest absolute Gasteiger partial charge is 0.477 e. The molecule has 1 aromatic carbocycles. The Balaban J connectivity index is 1.93. The molecule has 2 heterocycles. The van der Waals surface area contributed by atoms with Gasteiger partial charge >= 0.3 is 5.97 Å². The Morgan fingerprint density at radius 2 is 2.17 bits per heavy atom. The molecule has 1 amide bonds. The molecule has 1 aromatic heterocycles. The zero-order valence-corrected chi connectivity index (χ0v) is 13.2. The lowest BCUT2D eigenvalue weighted by molar-refractivity contribution is -0.130. The number of rotatable bonds is 4. The minimum absolute atomic E-state index is 0.126. The Bertz CT molecular complexity index is 772. The highest BCUT2D eigenvalue weighted by atomic mass is 16.5. The van der Waals surface area contributed by atoms with Crippen LogP contribution < -0.4 is 5.32 Å². The Kier molecular flexibility index (Phi) is 4.09. The number of aromatic amines is 1. The van der Waals surface area contributed by atoms with E-state index in [0.29, 0.717) is 18.6 Å². The number of fused-ring (bicyclic) bond motifs is 1. The summed E-state index contributed by atoms with van der Waals surface area (Å²) in [4.78, 5) is 26.6. The molecule has 2 aromatic rings. The van der Waals surface area contributed by atoms with Crippen LogP contribution in [0.4, 0.5) is 0 Å². The fourth-order valence-electron chi connectivity index (χ4n) is 3.23. The summed E-state index contributed by atoms with van der Waals surface area (Å²) < 4.78 is 5.35. The van der Waals surface area contributed by atoms with Gasteiger partial charge in [-0.3, -0.25) is 4.79 Å². The first-order chi connectivity index (χ1) is 11.0. The monoisotopic (exact) mass is 316 g/mol. The summed E-state index contributed by atoms with van der Waals surface area (Å²) in [5.74, 6) is -1.21. The number of amides is 1. The van der Waals surface area contributed by atoms with E-state index in [0.717, 1.165) is 28.5 Å². The van der Waals surface area contributed by atoms with E-state index in [9.17, 15) is 14.7 Å². The van der Waals surface area contributed by atoms with Gasteiger partial charge in [0, 0.05) is 29.6 Å². The second-order valence-corrected chi connectivity index (χ2v) is 6.01. The number of hydrogen-bond donors (Lipinski definition) is 3. The number of carbonyl (C=O) groups excluding carboxylic acids is 1. The van der Waals surface area contributed by atoms with Gasteiger partial charge in [0.25, 0.3) is 0 Å². The van der Waals surface area contributed by atoms with Crippen LogP contribution in [0.5, 0.6) is 0 Å². The first kappa shape index (κ1) is 15.6. The molecule has 1 unspecified atom stereocenters. The second-order valence-electron chi connectivity index (χ2n) is 6.01. The molecule has 1 saturated heterocycles. The van der Waals surface area contributed by atoms with Gasteiger partial charge in [0.15, 0.2) is 0 Å². The summed E-state index contributed by atoms with van der Waals surface area (Å²) >= 11 is 0. The first-order valence-corrected chi connectivity index (χ1v) is 7.71. The summed E-state index contributed by atoms with van der Waals surface area (Å²) in [6.07, 6.45) is 1.17. The van der Waals surface area contributed by atoms with Crippen LogP contribution in [0.3, 0.4) is 0 Å². The van der Waals surface area contributed by atoms with Crippen LogP contribution >= 0.6 is 0 Å². The van der Waals surface area contributed by atoms with Gasteiger partial charge in [-0.05, 0) is 43.9 Å². The Labute approximate surface area is 133 Å². The molecule has 1 aliphatic heterocycles. The molecular weight excluding hydrogens is 296 g/mol. The van der Waals surface area contributed by atoms with Crippen LogP contribution in [-0.2, 0) is 16.1 Å². The summed E-state index contributed by atoms with van der Waals surface area (Å²) in [6, 6.07) is 3.92. The number of aromatic carboxylic acids is 1. The number of H-pyrrole nitrogens is 1. The van der Waals surface area contributed by atoms with Crippen molar-refractivity contribution in [1.29, 1.82) is 0 Å². The van der Waals surface area contributed by atoms with Crippen molar-refractivity contribution in [3.8, 4) is 0 Å². The first-order valence-electron chi connectivity index (χ1n) is 7.71. The predicted molar refractivity (Wildman–Crippen MR) is 85.6 cm³/mol. The maximum Gasteiger partial charge on any atom is 0.352 e. The summed E-state index contributed by atoms with van der Waals surface area (Å²) in [7, 11) is 0. The summed E-state index contributed by atoms with van der Waals surface area (Å²) in [6.45, 7) is 4.68. The number of hydrogen-bond acceptors (Lipinski definition) is 3. The highest BCUT2D eigenvalue weighted by Crippen LogP contribution is 2.27. The van der Waals surface area contributed by atoms with Gasteiger partial charge in [-0.15, -0.1) is 0 Å². The van der Waals surface area contributed by atoms with Crippen molar-refractivity contribution in [1.82, 2.24) is 10.3 Å². The van der Waals surface area contributed by atoms with Crippen LogP contribution in [0, 0.1) is 13.8 Å². The van der Waals surface area contributed by atoms with E-state index in [1.54, 1.807) is 0 Å². The minimum Gasteiger partial charge on any atom is -0.477 e. The quantitative estimate of drug-likeness (QED) is 0.807. The van der Waals surface area contributed by atoms with E-state index in [1.807, 2.05) is 26.0 Å². The number of nitrogens with one attached hydrogen (secondary N) is 2. The average molecular weight is 316 g/mol. The predicted octanol–water partition coefficient (Wildman–Crippen LogP) is 2.28. The van der Waals surface area contributed by atoms with Gasteiger partial charge in [0.05, 0.1) is 0 Å². The smallest absolute Gasteiger partial charge is 0.352 e. The Hall–Kier alpha value is -2.34. The molecule has 0 saturated carbocycles. The van der Waals surface area contributed by atoms with Crippen molar-refractivity contribution in [2.24, 2.45) is 0 Å². The fourth-order valence-corrected chi connectivity index (χ4v) is 3.23. The number of aromatic nitrogens is 1. The third-order valence-electron chi connectivity index (χ3n) is 4.22. The third-order valence-corrected chi connectivity index (χ3v) is 4.22. The molecule has 1 fully saturated rings. The van der Waals surface area contributed by atoms with Crippen LogP contribution in [0.15, 0.2) is 12.1 Å². The van der Waals surface area contributed by atoms with E-state index < -0.39 is 12.1 Å². The molecule has 1 aliphatic rings. The van der Waals surface area contributed by atoms with E-state index in [4.69, 9.17) is 4.74 Å². The zero-order valence-electron chi connectivity index (χ0n) is 13.2. The summed E-state index contributed by atoms with van der Waals surface area (Å²) in [5, 5.41) is 13.1. The fraction of sp³-hybridized carbons (Fsp3) is 0.412. The number of carboxylic acid groups (broad SMARTS) is 1. The molecule has 23 heavy (non-hydrogen) atoms. The number of carbonyl (C=O) groups is 2. The lowest BCUT2D eigenvalue weighted by atomic mass is 10.0. The maximum atomic E-state index is 12.1. The van der Waals surface area contributed by atoms with Crippen LogP contribution in [0.1, 0.15) is 40.0 Å². The van der Waals surface area contributed by atoms with Gasteiger partial charge in [0.1, 0.15) is 11.8 Å². The van der Waals surface area contributed by atoms with Crippen molar-refractivity contribution in [2.75, 3.05) is 6.61 Å². The molecule has 1 atom stereocenters. The molecular formula is C17H20N2O4. The lowest BCUT2D eigenvalue weighted by Crippen LogP contribution is -2.33. The lowest BCUT2D eigenvalue weighted by Gasteiger charge is -2.11. The van der Waals surface area contributed by atoms with E-state index in [1.165, 1.54) is 0 Å². The minimum atomic E-state index is -1.03. The molecule has 3 rings (SSSR count). The van der Waals surface area contributed by atoms with Crippen molar-refractivity contribution in [2.45, 2.75) is 39.3 Å². The van der Waals surface area contributed by atoms with Crippen molar-refractivity contribution >= 4 is 22.8 Å². The van der Waals surface area contributed by atoms with Crippen molar-refractivity contribution < 1.29 is 19.4 Å². The van der Waals surface area contributed by atoms with Gasteiger partial charge in [-0.2, -0.15) is 0 Å². The highest BCUT2D eigenvalue weighted by Gasteiger charge is 2.25. The molecule has 6 nitrogen and oxygen atoms in total. The zero-order chi connectivity index (χ0) is 16.6. The molecule has 0 spiro atoms. The molecule has 6 heteroatoms. The molecule has 122 valence electrons. The Morgan fingerprint density at radius 3 is 2.83 bits per heavy atom. The van der Waals surface area contributed by atoms with E-state index in [2.05, 4.69) is 10.3 Å².